The lowest BCUT2D eigenvalue weighted by atomic mass is 10.2. The summed E-state index contributed by atoms with van der Waals surface area (Å²) in [5, 5.41) is 9.96. The molecule has 132 valence electrons. The van der Waals surface area contributed by atoms with Crippen LogP contribution in [0.1, 0.15) is 30.7 Å². The van der Waals surface area contributed by atoms with Crippen molar-refractivity contribution in [1.82, 2.24) is 20.9 Å². The molecule has 1 heterocycles. The molecule has 0 bridgehead atoms. The molecular formula is C14H26IN5O2S. The highest BCUT2D eigenvalue weighted by Gasteiger charge is 2.15. The third kappa shape index (κ3) is 10.3. The topological polar surface area (TPSA) is 87.6 Å². The maximum absolute atomic E-state index is 11.5. The minimum Gasteiger partial charge on any atom is -0.444 e. The molecule has 0 aliphatic heterocycles. The number of rotatable bonds is 5. The van der Waals surface area contributed by atoms with E-state index in [0.29, 0.717) is 25.6 Å². The number of guanidine groups is 1. The molecule has 1 rings (SSSR count). The smallest absolute Gasteiger partial charge is 0.407 e. The molecule has 0 spiro atoms. The molecule has 0 saturated carbocycles. The first kappa shape index (κ1) is 21.9. The number of hydrogen-bond acceptors (Lipinski definition) is 5. The summed E-state index contributed by atoms with van der Waals surface area (Å²) in [6.45, 7) is 9.14. The van der Waals surface area contributed by atoms with E-state index in [1.807, 2.05) is 33.9 Å². The Morgan fingerprint density at radius 1 is 1.30 bits per heavy atom. The van der Waals surface area contributed by atoms with Gasteiger partial charge in [-0.3, -0.25) is 4.99 Å². The number of thiazole rings is 1. The van der Waals surface area contributed by atoms with Crippen molar-refractivity contribution in [3.63, 3.8) is 0 Å². The van der Waals surface area contributed by atoms with Crippen LogP contribution in [0.2, 0.25) is 0 Å². The van der Waals surface area contributed by atoms with Crippen molar-refractivity contribution < 1.29 is 9.53 Å². The average Bonchev–Trinajstić information content (AvgIpc) is 2.81. The quantitative estimate of drug-likeness (QED) is 0.275. The van der Waals surface area contributed by atoms with E-state index in [-0.39, 0.29) is 24.0 Å². The SMILES string of the molecule is CN=C(NCCNC(=O)OC(C)(C)C)NCc1ncc(C)s1.I. The number of amides is 1. The molecule has 9 heteroatoms. The zero-order valence-corrected chi connectivity index (χ0v) is 17.4. The molecule has 1 aromatic rings. The number of alkyl carbamates (subject to hydrolysis) is 1. The Hall–Kier alpha value is -1.10. The first-order valence-electron chi connectivity index (χ1n) is 7.13. The van der Waals surface area contributed by atoms with E-state index in [9.17, 15) is 4.79 Å². The highest BCUT2D eigenvalue weighted by molar-refractivity contribution is 14.0. The fraction of sp³-hybridized carbons (Fsp3) is 0.643. The van der Waals surface area contributed by atoms with E-state index in [2.05, 4.69) is 25.9 Å². The molecule has 1 aromatic heterocycles. The third-order valence-corrected chi connectivity index (χ3v) is 3.30. The minimum absolute atomic E-state index is 0. The summed E-state index contributed by atoms with van der Waals surface area (Å²) < 4.78 is 5.15. The molecule has 23 heavy (non-hydrogen) atoms. The predicted molar refractivity (Wildman–Crippen MR) is 105 cm³/mol. The van der Waals surface area contributed by atoms with Gasteiger partial charge in [0.1, 0.15) is 10.6 Å². The summed E-state index contributed by atoms with van der Waals surface area (Å²) in [6.07, 6.45) is 1.43. The van der Waals surface area contributed by atoms with Crippen LogP contribution < -0.4 is 16.0 Å². The number of aryl methyl sites for hydroxylation is 1. The minimum atomic E-state index is -0.485. The van der Waals surface area contributed by atoms with Gasteiger partial charge in [-0.25, -0.2) is 9.78 Å². The number of carbonyl (C=O) groups is 1. The molecule has 0 aliphatic carbocycles. The van der Waals surface area contributed by atoms with Crippen LogP contribution in [0.5, 0.6) is 0 Å². The molecule has 0 unspecified atom stereocenters. The second-order valence-corrected chi connectivity index (χ2v) is 6.97. The van der Waals surface area contributed by atoms with Crippen molar-refractivity contribution in [3.8, 4) is 0 Å². The van der Waals surface area contributed by atoms with Crippen molar-refractivity contribution in [1.29, 1.82) is 0 Å². The van der Waals surface area contributed by atoms with Crippen LogP contribution in [-0.2, 0) is 11.3 Å². The molecule has 0 aliphatic rings. The van der Waals surface area contributed by atoms with E-state index >= 15 is 0 Å². The summed E-state index contributed by atoms with van der Waals surface area (Å²) in [4.78, 5) is 21.0. The van der Waals surface area contributed by atoms with Gasteiger partial charge in [-0.2, -0.15) is 0 Å². The van der Waals surface area contributed by atoms with Crippen LogP contribution in [-0.4, -0.2) is 42.8 Å². The lowest BCUT2D eigenvalue weighted by Gasteiger charge is -2.19. The van der Waals surface area contributed by atoms with Crippen LogP contribution in [0.3, 0.4) is 0 Å². The van der Waals surface area contributed by atoms with Crippen molar-refractivity contribution in [2.24, 2.45) is 4.99 Å². The van der Waals surface area contributed by atoms with E-state index in [1.54, 1.807) is 18.4 Å². The van der Waals surface area contributed by atoms with Gasteiger partial charge in [0.15, 0.2) is 5.96 Å². The number of nitrogens with one attached hydrogen (secondary N) is 3. The maximum Gasteiger partial charge on any atom is 0.407 e. The standard InChI is InChI=1S/C14H25N5O2S.HI/c1-10-8-18-11(22-10)9-19-12(15-5)16-6-7-17-13(20)21-14(2,3)4;/h8H,6-7,9H2,1-5H3,(H,17,20)(H2,15,16,19);1H. The number of halogens is 1. The van der Waals surface area contributed by atoms with Gasteiger partial charge in [0.2, 0.25) is 0 Å². The van der Waals surface area contributed by atoms with Gasteiger partial charge in [0.25, 0.3) is 0 Å². The first-order chi connectivity index (χ1) is 10.3. The fourth-order valence-electron chi connectivity index (χ4n) is 1.52. The first-order valence-corrected chi connectivity index (χ1v) is 7.94. The second-order valence-electron chi connectivity index (χ2n) is 5.65. The molecule has 0 fully saturated rings. The zero-order chi connectivity index (χ0) is 16.6. The highest BCUT2D eigenvalue weighted by atomic mass is 127. The van der Waals surface area contributed by atoms with Crippen molar-refractivity contribution >= 4 is 47.4 Å². The zero-order valence-electron chi connectivity index (χ0n) is 14.2. The molecule has 7 nitrogen and oxygen atoms in total. The number of aromatic nitrogens is 1. The molecule has 0 aromatic carbocycles. The summed E-state index contributed by atoms with van der Waals surface area (Å²) in [5.41, 5.74) is -0.485. The predicted octanol–water partition coefficient (Wildman–Crippen LogP) is 2.26. The highest BCUT2D eigenvalue weighted by Crippen LogP contribution is 2.10. The summed E-state index contributed by atoms with van der Waals surface area (Å²) in [5.74, 6) is 0.666. The van der Waals surface area contributed by atoms with E-state index in [1.165, 1.54) is 4.88 Å². The van der Waals surface area contributed by atoms with Crippen LogP contribution in [0, 0.1) is 6.92 Å². The fourth-order valence-corrected chi connectivity index (χ4v) is 2.25. The number of aliphatic imine (C=N–C) groups is 1. The summed E-state index contributed by atoms with van der Waals surface area (Å²) in [7, 11) is 1.70. The lowest BCUT2D eigenvalue weighted by molar-refractivity contribution is 0.0529. The van der Waals surface area contributed by atoms with Crippen LogP contribution >= 0.6 is 35.3 Å². The van der Waals surface area contributed by atoms with Gasteiger partial charge in [0.05, 0.1) is 6.54 Å². The van der Waals surface area contributed by atoms with E-state index in [4.69, 9.17) is 4.74 Å². The van der Waals surface area contributed by atoms with Gasteiger partial charge in [-0.15, -0.1) is 35.3 Å². The molecule has 3 N–H and O–H groups in total. The normalized spacial score (nSPS) is 11.4. The number of nitrogens with zero attached hydrogens (tertiary/aromatic N) is 2. The average molecular weight is 455 g/mol. The van der Waals surface area contributed by atoms with Gasteiger partial charge < -0.3 is 20.7 Å². The second kappa shape index (κ2) is 10.6. The number of hydrogen-bond donors (Lipinski definition) is 3. The number of ether oxygens (including phenoxy) is 1. The largest absolute Gasteiger partial charge is 0.444 e. The third-order valence-electron chi connectivity index (χ3n) is 2.39. The maximum atomic E-state index is 11.5. The summed E-state index contributed by atoms with van der Waals surface area (Å²) >= 11 is 1.65. The molecule has 0 saturated heterocycles. The van der Waals surface area contributed by atoms with Crippen LogP contribution in [0.15, 0.2) is 11.2 Å². The Morgan fingerprint density at radius 3 is 2.48 bits per heavy atom. The van der Waals surface area contributed by atoms with Crippen LogP contribution in [0.25, 0.3) is 0 Å². The van der Waals surface area contributed by atoms with Crippen molar-refractivity contribution in [2.45, 2.75) is 39.8 Å². The van der Waals surface area contributed by atoms with Crippen molar-refractivity contribution in [3.05, 3.63) is 16.1 Å². The molecular weight excluding hydrogens is 429 g/mol. The Bertz CT molecular complexity index is 514. The van der Waals surface area contributed by atoms with Crippen molar-refractivity contribution in [2.75, 3.05) is 20.1 Å². The van der Waals surface area contributed by atoms with Crippen LogP contribution in [0.4, 0.5) is 4.79 Å². The van der Waals surface area contributed by atoms with Gasteiger partial charge in [-0.1, -0.05) is 0 Å². The monoisotopic (exact) mass is 455 g/mol. The number of carbonyl (C=O) groups excluding carboxylic acids is 1. The molecule has 0 radical (unpaired) electrons. The molecule has 1 amide bonds. The molecule has 0 atom stereocenters. The van der Waals surface area contributed by atoms with Gasteiger partial charge >= 0.3 is 6.09 Å². The lowest BCUT2D eigenvalue weighted by Crippen LogP contribution is -2.42. The Morgan fingerprint density at radius 2 is 1.96 bits per heavy atom. The van der Waals surface area contributed by atoms with E-state index in [0.717, 1.165) is 5.01 Å². The van der Waals surface area contributed by atoms with E-state index < -0.39 is 11.7 Å². The Kier molecular flexibility index (Phi) is 10.1. The summed E-state index contributed by atoms with van der Waals surface area (Å²) in [6, 6.07) is 0. The Labute approximate surface area is 158 Å². The Balaban J connectivity index is 0.00000484. The van der Waals surface area contributed by atoms with Gasteiger partial charge in [-0.05, 0) is 27.7 Å². The van der Waals surface area contributed by atoms with Gasteiger partial charge in [0, 0.05) is 31.2 Å².